The summed E-state index contributed by atoms with van der Waals surface area (Å²) in [7, 11) is 1.87. The molecule has 2 aromatic carbocycles. The van der Waals surface area contributed by atoms with E-state index in [0.29, 0.717) is 49.4 Å². The van der Waals surface area contributed by atoms with E-state index in [1.165, 1.54) is 0 Å². The summed E-state index contributed by atoms with van der Waals surface area (Å²) < 4.78 is 6.74. The zero-order valence-corrected chi connectivity index (χ0v) is 18.2. The summed E-state index contributed by atoms with van der Waals surface area (Å²) >= 11 is 0. The van der Waals surface area contributed by atoms with Gasteiger partial charge in [-0.3, -0.25) is 9.48 Å². The Balaban J connectivity index is 1.32. The van der Waals surface area contributed by atoms with E-state index < -0.39 is 0 Å². The van der Waals surface area contributed by atoms with Gasteiger partial charge in [-0.05, 0) is 62.2 Å². The first-order valence-electron chi connectivity index (χ1n) is 10.8. The SMILES string of the molecule is CCOC(=O)c1ccc(NC(=O)N2CCC(C(=O)c3ccc4c(cnn4C)c3)CC2)cc1. The number of fused-ring (bicyclic) bond motifs is 1. The normalized spacial score (nSPS) is 14.4. The lowest BCUT2D eigenvalue weighted by Gasteiger charge is -2.31. The number of aromatic nitrogens is 2. The number of anilines is 1. The van der Waals surface area contributed by atoms with E-state index in [9.17, 15) is 14.4 Å². The highest BCUT2D eigenvalue weighted by atomic mass is 16.5. The number of Topliss-reactive ketones (excluding diaryl/α,β-unsaturated/α-hetero) is 1. The summed E-state index contributed by atoms with van der Waals surface area (Å²) in [5.74, 6) is -0.373. The van der Waals surface area contributed by atoms with Crippen molar-refractivity contribution in [3.8, 4) is 0 Å². The molecule has 8 nitrogen and oxygen atoms in total. The van der Waals surface area contributed by atoms with Gasteiger partial charge in [-0.2, -0.15) is 5.10 Å². The van der Waals surface area contributed by atoms with Gasteiger partial charge in [-0.25, -0.2) is 9.59 Å². The maximum atomic E-state index is 13.0. The van der Waals surface area contributed by atoms with Gasteiger partial charge in [0.05, 0.1) is 23.9 Å². The number of amides is 2. The number of likely N-dealkylation sites (tertiary alicyclic amines) is 1. The molecule has 1 N–H and O–H groups in total. The van der Waals surface area contributed by atoms with Crippen molar-refractivity contribution in [3.05, 3.63) is 59.8 Å². The van der Waals surface area contributed by atoms with Gasteiger partial charge in [0.25, 0.3) is 0 Å². The van der Waals surface area contributed by atoms with Crippen molar-refractivity contribution in [2.45, 2.75) is 19.8 Å². The molecule has 0 spiro atoms. The van der Waals surface area contributed by atoms with Crippen LogP contribution in [0.1, 0.15) is 40.5 Å². The second-order valence-corrected chi connectivity index (χ2v) is 7.90. The minimum absolute atomic E-state index is 0.1000. The maximum Gasteiger partial charge on any atom is 0.338 e. The van der Waals surface area contributed by atoms with Crippen LogP contribution < -0.4 is 5.32 Å². The second kappa shape index (κ2) is 9.21. The summed E-state index contributed by atoms with van der Waals surface area (Å²) in [5.41, 5.74) is 2.72. The van der Waals surface area contributed by atoms with E-state index >= 15 is 0 Å². The standard InChI is InChI=1S/C24H26N4O4/c1-3-32-23(30)17-4-7-20(8-5-17)26-24(31)28-12-10-16(11-13-28)22(29)18-6-9-21-19(14-18)15-25-27(21)2/h4-9,14-16H,3,10-13H2,1-2H3,(H,26,31). The average molecular weight is 434 g/mol. The molecule has 0 bridgehead atoms. The van der Waals surface area contributed by atoms with Gasteiger partial charge in [-0.1, -0.05) is 0 Å². The number of ether oxygens (including phenoxy) is 1. The molecule has 0 unspecified atom stereocenters. The first kappa shape index (κ1) is 21.5. The second-order valence-electron chi connectivity index (χ2n) is 7.90. The number of carbonyl (C=O) groups excluding carboxylic acids is 3. The predicted molar refractivity (Wildman–Crippen MR) is 121 cm³/mol. The number of benzene rings is 2. The molecule has 1 aliphatic heterocycles. The molecule has 0 atom stereocenters. The van der Waals surface area contributed by atoms with Gasteiger partial charge >= 0.3 is 12.0 Å². The lowest BCUT2D eigenvalue weighted by Crippen LogP contribution is -2.42. The van der Waals surface area contributed by atoms with Gasteiger partial charge in [0.1, 0.15) is 0 Å². The quantitative estimate of drug-likeness (QED) is 0.486. The van der Waals surface area contributed by atoms with Crippen LogP contribution in [0.5, 0.6) is 0 Å². The number of aryl methyl sites for hydroxylation is 1. The van der Waals surface area contributed by atoms with Crippen molar-refractivity contribution < 1.29 is 19.1 Å². The van der Waals surface area contributed by atoms with E-state index in [2.05, 4.69) is 10.4 Å². The third-order valence-corrected chi connectivity index (χ3v) is 5.83. The third kappa shape index (κ3) is 4.49. The summed E-state index contributed by atoms with van der Waals surface area (Å²) in [4.78, 5) is 39.0. The van der Waals surface area contributed by atoms with Crippen LogP contribution in [-0.2, 0) is 11.8 Å². The number of carbonyl (C=O) groups is 3. The Morgan fingerprint density at radius 2 is 1.75 bits per heavy atom. The molecule has 0 aliphatic carbocycles. The molecule has 1 fully saturated rings. The number of rotatable bonds is 5. The van der Waals surface area contributed by atoms with Gasteiger partial charge in [0, 0.05) is 42.7 Å². The van der Waals surface area contributed by atoms with E-state index in [1.54, 1.807) is 47.0 Å². The molecular weight excluding hydrogens is 408 g/mol. The minimum atomic E-state index is -0.389. The molecule has 166 valence electrons. The van der Waals surface area contributed by atoms with Crippen molar-refractivity contribution >= 4 is 34.4 Å². The number of hydrogen-bond acceptors (Lipinski definition) is 5. The van der Waals surface area contributed by atoms with Crippen LogP contribution in [0.15, 0.2) is 48.7 Å². The molecule has 32 heavy (non-hydrogen) atoms. The van der Waals surface area contributed by atoms with E-state index in [0.717, 1.165) is 10.9 Å². The van der Waals surface area contributed by atoms with Gasteiger partial charge in [-0.15, -0.1) is 0 Å². The highest BCUT2D eigenvalue weighted by Crippen LogP contribution is 2.24. The largest absolute Gasteiger partial charge is 0.462 e. The molecule has 1 aliphatic rings. The molecule has 0 radical (unpaired) electrons. The van der Waals surface area contributed by atoms with Crippen LogP contribution in [0.4, 0.5) is 10.5 Å². The van der Waals surface area contributed by atoms with Crippen LogP contribution in [-0.4, -0.2) is 52.2 Å². The highest BCUT2D eigenvalue weighted by Gasteiger charge is 2.28. The van der Waals surface area contributed by atoms with Crippen LogP contribution in [0.25, 0.3) is 10.9 Å². The zero-order chi connectivity index (χ0) is 22.7. The summed E-state index contributed by atoms with van der Waals surface area (Å²) in [6, 6.07) is 12.1. The predicted octanol–water partition coefficient (Wildman–Crippen LogP) is 3.88. The van der Waals surface area contributed by atoms with Gasteiger partial charge in [0.2, 0.25) is 0 Å². The summed E-state index contributed by atoms with van der Waals surface area (Å²) in [6.45, 7) is 3.09. The van der Waals surface area contributed by atoms with Crippen LogP contribution in [0.3, 0.4) is 0 Å². The Bertz CT molecular complexity index is 1140. The number of urea groups is 1. The van der Waals surface area contributed by atoms with E-state index in [1.807, 2.05) is 25.2 Å². The van der Waals surface area contributed by atoms with Crippen molar-refractivity contribution in [1.82, 2.24) is 14.7 Å². The Labute approximate surface area is 186 Å². The average Bonchev–Trinajstić information content (AvgIpc) is 3.19. The molecule has 2 amide bonds. The minimum Gasteiger partial charge on any atom is -0.462 e. The Kier molecular flexibility index (Phi) is 6.20. The lowest BCUT2D eigenvalue weighted by atomic mass is 9.88. The molecule has 4 rings (SSSR count). The first-order valence-corrected chi connectivity index (χ1v) is 10.8. The molecule has 8 heteroatoms. The fourth-order valence-corrected chi connectivity index (χ4v) is 4.00. The fraction of sp³-hybridized carbons (Fsp3) is 0.333. The maximum absolute atomic E-state index is 13.0. The van der Waals surface area contributed by atoms with Crippen LogP contribution in [0.2, 0.25) is 0 Å². The van der Waals surface area contributed by atoms with Crippen LogP contribution in [0, 0.1) is 5.92 Å². The highest BCUT2D eigenvalue weighted by molar-refractivity contribution is 6.01. The van der Waals surface area contributed by atoms with Crippen LogP contribution >= 0.6 is 0 Å². The number of ketones is 1. The number of esters is 1. The Hall–Kier alpha value is -3.68. The molecule has 1 saturated heterocycles. The monoisotopic (exact) mass is 434 g/mol. The molecule has 1 aromatic heterocycles. The van der Waals surface area contributed by atoms with Gasteiger partial charge < -0.3 is 15.0 Å². The van der Waals surface area contributed by atoms with Crippen molar-refractivity contribution in [2.75, 3.05) is 25.0 Å². The third-order valence-electron chi connectivity index (χ3n) is 5.83. The number of piperidine rings is 1. The summed E-state index contributed by atoms with van der Waals surface area (Å²) in [5, 5.41) is 8.02. The molecule has 0 saturated carbocycles. The zero-order valence-electron chi connectivity index (χ0n) is 18.2. The Morgan fingerprint density at radius 3 is 2.44 bits per heavy atom. The molecule has 3 aromatic rings. The number of nitrogens with one attached hydrogen (secondary N) is 1. The smallest absolute Gasteiger partial charge is 0.338 e. The van der Waals surface area contributed by atoms with Crippen molar-refractivity contribution in [3.63, 3.8) is 0 Å². The van der Waals surface area contributed by atoms with E-state index in [-0.39, 0.29) is 23.7 Å². The number of hydrogen-bond donors (Lipinski definition) is 1. The number of nitrogens with zero attached hydrogens (tertiary/aromatic N) is 3. The molecular formula is C24H26N4O4. The summed E-state index contributed by atoms with van der Waals surface area (Å²) in [6.07, 6.45) is 3.01. The first-order chi connectivity index (χ1) is 15.5. The topological polar surface area (TPSA) is 93.5 Å². The van der Waals surface area contributed by atoms with Crippen molar-refractivity contribution in [2.24, 2.45) is 13.0 Å². The van der Waals surface area contributed by atoms with Crippen molar-refractivity contribution in [1.29, 1.82) is 0 Å². The fourth-order valence-electron chi connectivity index (χ4n) is 4.00. The van der Waals surface area contributed by atoms with Gasteiger partial charge in [0.15, 0.2) is 5.78 Å². The molecule has 2 heterocycles. The van der Waals surface area contributed by atoms with E-state index in [4.69, 9.17) is 4.74 Å². The Morgan fingerprint density at radius 1 is 1.06 bits per heavy atom. The lowest BCUT2D eigenvalue weighted by molar-refractivity contribution is 0.0526.